The fraction of sp³-hybridized carbons (Fsp3) is 0.786. The number of hydrogen-bond acceptors (Lipinski definition) is 5. The third kappa shape index (κ3) is 3.02. The number of anilines is 1. The van der Waals surface area contributed by atoms with Crippen LogP contribution in [-0.4, -0.2) is 40.4 Å². The van der Waals surface area contributed by atoms with E-state index < -0.39 is 0 Å². The average Bonchev–Trinajstić information content (AvgIpc) is 2.79. The summed E-state index contributed by atoms with van der Waals surface area (Å²) < 4.78 is 1.67. The zero-order valence-electron chi connectivity index (χ0n) is 13.3. The van der Waals surface area contributed by atoms with E-state index in [-0.39, 0.29) is 22.6 Å². The Labute approximate surface area is 125 Å². The molecule has 0 spiro atoms. The lowest BCUT2D eigenvalue weighted by molar-refractivity contribution is -0.385. The minimum Gasteiger partial charge on any atom is -0.347 e. The van der Waals surface area contributed by atoms with Crippen molar-refractivity contribution in [2.45, 2.75) is 45.6 Å². The Bertz CT molecular complexity index is 506. The minimum absolute atomic E-state index is 0.0357. The maximum atomic E-state index is 11.6. The maximum Gasteiger partial charge on any atom is 0.334 e. The summed E-state index contributed by atoms with van der Waals surface area (Å²) in [6.45, 7) is 8.56. The summed E-state index contributed by atoms with van der Waals surface area (Å²) in [7, 11) is 1.80. The van der Waals surface area contributed by atoms with E-state index >= 15 is 0 Å². The lowest BCUT2D eigenvalue weighted by Crippen LogP contribution is -2.47. The molecule has 1 fully saturated rings. The highest BCUT2D eigenvalue weighted by Crippen LogP contribution is 2.36. The second-order valence-corrected chi connectivity index (χ2v) is 5.88. The number of aromatic nitrogens is 2. The predicted molar refractivity (Wildman–Crippen MR) is 82.9 cm³/mol. The van der Waals surface area contributed by atoms with Crippen LogP contribution in [0.2, 0.25) is 0 Å². The number of piperidine rings is 1. The minimum atomic E-state index is -0.281. The molecule has 1 N–H and O–H groups in total. The van der Waals surface area contributed by atoms with Crippen LogP contribution in [0.5, 0.6) is 0 Å². The fourth-order valence-corrected chi connectivity index (χ4v) is 3.09. The number of rotatable bonds is 5. The van der Waals surface area contributed by atoms with Crippen LogP contribution < -0.4 is 10.2 Å². The van der Waals surface area contributed by atoms with Gasteiger partial charge in [-0.15, -0.1) is 0 Å². The SMILES string of the molecule is CCN(c1c([N+](=O)[O-])c(C(C)C)nn1C)C1CCCNC1. The first-order valence-electron chi connectivity index (χ1n) is 7.66. The molecule has 7 heteroatoms. The molecular weight excluding hydrogens is 270 g/mol. The summed E-state index contributed by atoms with van der Waals surface area (Å²) in [5.74, 6) is 0.674. The number of nitro groups is 1. The highest BCUT2D eigenvalue weighted by molar-refractivity contribution is 5.63. The van der Waals surface area contributed by atoms with Crippen LogP contribution >= 0.6 is 0 Å². The largest absolute Gasteiger partial charge is 0.347 e. The zero-order valence-corrected chi connectivity index (χ0v) is 13.3. The van der Waals surface area contributed by atoms with Crippen LogP contribution in [0.4, 0.5) is 11.5 Å². The van der Waals surface area contributed by atoms with Crippen LogP contribution in [0.1, 0.15) is 45.2 Å². The Hall–Kier alpha value is -1.63. The molecule has 1 unspecified atom stereocenters. The van der Waals surface area contributed by atoms with Crippen molar-refractivity contribution in [1.29, 1.82) is 0 Å². The third-order valence-corrected chi connectivity index (χ3v) is 4.07. The first kappa shape index (κ1) is 15.8. The van der Waals surface area contributed by atoms with Gasteiger partial charge in [-0.25, -0.2) is 4.68 Å². The molecule has 0 amide bonds. The van der Waals surface area contributed by atoms with E-state index in [2.05, 4.69) is 15.3 Å². The molecule has 0 aliphatic carbocycles. The average molecular weight is 295 g/mol. The number of nitrogens with zero attached hydrogens (tertiary/aromatic N) is 4. The van der Waals surface area contributed by atoms with E-state index in [0.29, 0.717) is 11.5 Å². The van der Waals surface area contributed by atoms with Crippen molar-refractivity contribution < 1.29 is 4.92 Å². The smallest absolute Gasteiger partial charge is 0.334 e. The summed E-state index contributed by atoms with van der Waals surface area (Å²) in [6, 6.07) is 0.290. The number of aryl methyl sites for hydroxylation is 1. The zero-order chi connectivity index (χ0) is 15.6. The van der Waals surface area contributed by atoms with Crippen molar-refractivity contribution in [2.24, 2.45) is 7.05 Å². The molecular formula is C14H25N5O2. The van der Waals surface area contributed by atoms with Gasteiger partial charge in [0.2, 0.25) is 5.82 Å². The fourth-order valence-electron chi connectivity index (χ4n) is 3.09. The molecule has 2 heterocycles. The lowest BCUT2D eigenvalue weighted by atomic mass is 10.0. The van der Waals surface area contributed by atoms with Crippen molar-refractivity contribution in [1.82, 2.24) is 15.1 Å². The third-order valence-electron chi connectivity index (χ3n) is 4.07. The first-order chi connectivity index (χ1) is 9.97. The van der Waals surface area contributed by atoms with E-state index in [1.54, 1.807) is 11.7 Å². The molecule has 1 aromatic heterocycles. The Morgan fingerprint density at radius 2 is 2.29 bits per heavy atom. The molecule has 1 aliphatic heterocycles. The van der Waals surface area contributed by atoms with Gasteiger partial charge < -0.3 is 10.2 Å². The van der Waals surface area contributed by atoms with E-state index in [4.69, 9.17) is 0 Å². The Morgan fingerprint density at radius 3 is 2.76 bits per heavy atom. The number of hydrogen-bond donors (Lipinski definition) is 1. The van der Waals surface area contributed by atoms with Crippen LogP contribution in [0, 0.1) is 10.1 Å². The number of likely N-dealkylation sites (N-methyl/N-ethyl adjacent to an activating group) is 1. The Kier molecular flexibility index (Phi) is 4.82. The van der Waals surface area contributed by atoms with E-state index in [1.807, 2.05) is 20.8 Å². The number of nitrogens with one attached hydrogen (secondary N) is 1. The standard InChI is InChI=1S/C14H25N5O2/c1-5-18(11-7-6-8-15-9-11)14-13(19(20)21)12(10(2)3)16-17(14)4/h10-11,15H,5-9H2,1-4H3. The van der Waals surface area contributed by atoms with Gasteiger partial charge in [-0.2, -0.15) is 5.10 Å². The Balaban J connectivity index is 2.46. The van der Waals surface area contributed by atoms with Crippen molar-refractivity contribution in [3.05, 3.63) is 15.8 Å². The molecule has 2 rings (SSSR count). The van der Waals surface area contributed by atoms with Crippen LogP contribution in [0.3, 0.4) is 0 Å². The highest BCUT2D eigenvalue weighted by Gasteiger charge is 2.34. The van der Waals surface area contributed by atoms with E-state index in [9.17, 15) is 10.1 Å². The first-order valence-corrected chi connectivity index (χ1v) is 7.66. The van der Waals surface area contributed by atoms with Gasteiger partial charge in [0.15, 0.2) is 0 Å². The molecule has 0 bridgehead atoms. The quantitative estimate of drug-likeness (QED) is 0.664. The molecule has 1 aromatic rings. The molecule has 1 atom stereocenters. The van der Waals surface area contributed by atoms with Gasteiger partial charge in [0.05, 0.1) is 4.92 Å². The second-order valence-electron chi connectivity index (χ2n) is 5.88. The van der Waals surface area contributed by atoms with Crippen LogP contribution in [-0.2, 0) is 7.05 Å². The van der Waals surface area contributed by atoms with Gasteiger partial charge in [0.1, 0.15) is 5.69 Å². The van der Waals surface area contributed by atoms with Gasteiger partial charge >= 0.3 is 5.69 Å². The molecule has 1 aliphatic rings. The van der Waals surface area contributed by atoms with Gasteiger partial charge in [-0.3, -0.25) is 10.1 Å². The lowest BCUT2D eigenvalue weighted by Gasteiger charge is -2.34. The summed E-state index contributed by atoms with van der Waals surface area (Å²) in [5, 5.41) is 19.4. The van der Waals surface area contributed by atoms with Gasteiger partial charge in [0, 0.05) is 32.1 Å². The summed E-state index contributed by atoms with van der Waals surface area (Å²) >= 11 is 0. The van der Waals surface area contributed by atoms with Crippen molar-refractivity contribution in [3.63, 3.8) is 0 Å². The van der Waals surface area contributed by atoms with Crippen molar-refractivity contribution in [3.8, 4) is 0 Å². The van der Waals surface area contributed by atoms with E-state index in [1.165, 1.54) is 0 Å². The molecule has 0 radical (unpaired) electrons. The summed E-state index contributed by atoms with van der Waals surface area (Å²) in [6.07, 6.45) is 2.16. The Morgan fingerprint density at radius 1 is 1.57 bits per heavy atom. The van der Waals surface area contributed by atoms with Crippen molar-refractivity contribution in [2.75, 3.05) is 24.5 Å². The predicted octanol–water partition coefficient (Wildman–Crippen LogP) is 2.03. The topological polar surface area (TPSA) is 76.2 Å². The normalized spacial score (nSPS) is 19.0. The van der Waals surface area contributed by atoms with Crippen LogP contribution in [0.25, 0.3) is 0 Å². The second kappa shape index (κ2) is 6.43. The monoisotopic (exact) mass is 295 g/mol. The molecule has 7 nitrogen and oxygen atoms in total. The summed E-state index contributed by atoms with van der Waals surface area (Å²) in [4.78, 5) is 13.4. The highest BCUT2D eigenvalue weighted by atomic mass is 16.6. The van der Waals surface area contributed by atoms with Gasteiger partial charge in [-0.05, 0) is 26.3 Å². The molecule has 0 aromatic carbocycles. The summed E-state index contributed by atoms with van der Waals surface area (Å²) in [5.41, 5.74) is 0.736. The van der Waals surface area contributed by atoms with Crippen LogP contribution in [0.15, 0.2) is 0 Å². The molecule has 1 saturated heterocycles. The molecule has 21 heavy (non-hydrogen) atoms. The van der Waals surface area contributed by atoms with Gasteiger partial charge in [0.25, 0.3) is 0 Å². The maximum absolute atomic E-state index is 11.6. The molecule has 0 saturated carbocycles. The van der Waals surface area contributed by atoms with Crippen molar-refractivity contribution >= 4 is 11.5 Å². The van der Waals surface area contributed by atoms with E-state index in [0.717, 1.165) is 32.5 Å². The van der Waals surface area contributed by atoms with Gasteiger partial charge in [-0.1, -0.05) is 13.8 Å². The molecule has 118 valence electrons.